The molecule has 0 saturated carbocycles. The van der Waals surface area contributed by atoms with Crippen molar-refractivity contribution >= 4 is 27.7 Å². The monoisotopic (exact) mass is 519 g/mol. The number of aliphatic hydroxyl groups is 1. The van der Waals surface area contributed by atoms with Gasteiger partial charge in [0.25, 0.3) is 5.91 Å². The Morgan fingerprint density at radius 2 is 2.00 bits per heavy atom. The normalized spacial score (nSPS) is 19.5. The van der Waals surface area contributed by atoms with Crippen LogP contribution in [0.25, 0.3) is 0 Å². The highest BCUT2D eigenvalue weighted by atomic mass is 79.9. The summed E-state index contributed by atoms with van der Waals surface area (Å²) in [5.74, 6) is 0.524. The number of carbonyl (C=O) groups is 1. The summed E-state index contributed by atoms with van der Waals surface area (Å²) in [5, 5.41) is 8.89. The van der Waals surface area contributed by atoms with Crippen molar-refractivity contribution in [1.29, 1.82) is 0 Å². The molecule has 0 bridgehead atoms. The lowest BCUT2D eigenvalue weighted by molar-refractivity contribution is -0.129. The molecule has 0 fully saturated rings. The van der Waals surface area contributed by atoms with E-state index in [1.165, 1.54) is 0 Å². The number of hydrogen-bond acceptors (Lipinski definition) is 6. The van der Waals surface area contributed by atoms with E-state index in [0.717, 1.165) is 10.0 Å². The topological polar surface area (TPSA) is 92.2 Å². The summed E-state index contributed by atoms with van der Waals surface area (Å²) < 4.78 is 25.3. The Bertz CT molecular complexity index is 969. The first-order valence-corrected chi connectivity index (χ1v) is 11.4. The van der Waals surface area contributed by atoms with Gasteiger partial charge < -0.3 is 14.6 Å². The highest BCUT2D eigenvalue weighted by molar-refractivity contribution is 9.10. The molecule has 3 rings (SSSR count). The zero-order chi connectivity index (χ0) is 23.7. The smallest absolute Gasteiger partial charge is 0.266 e. The molecular formula is C24H27BrFN3O4. The van der Waals surface area contributed by atoms with E-state index in [-0.39, 0.29) is 19.6 Å². The first kappa shape index (κ1) is 24.9. The van der Waals surface area contributed by atoms with Crippen molar-refractivity contribution in [3.63, 3.8) is 0 Å². The number of aliphatic imine (C=N–C) groups is 1. The van der Waals surface area contributed by atoms with E-state index in [4.69, 9.17) is 19.6 Å². The van der Waals surface area contributed by atoms with Crippen molar-refractivity contribution in [2.45, 2.75) is 24.5 Å². The minimum atomic E-state index is -1.33. The molecule has 33 heavy (non-hydrogen) atoms. The SMILES string of the molecule is C=CC[C@]1(C(=O)NNCCF)N=C(c2ccc(OCCCO)cc2)O[C@H]1c1ccc(Br)cc1. The van der Waals surface area contributed by atoms with E-state index in [9.17, 15) is 9.18 Å². The third-order valence-electron chi connectivity index (χ3n) is 5.08. The third kappa shape index (κ3) is 5.98. The van der Waals surface area contributed by atoms with Crippen LogP contribution in [0.4, 0.5) is 4.39 Å². The van der Waals surface area contributed by atoms with Crippen LogP contribution in [0.15, 0.2) is 70.7 Å². The van der Waals surface area contributed by atoms with Gasteiger partial charge in [-0.05, 0) is 42.0 Å². The molecule has 0 spiro atoms. The number of nitrogens with zero attached hydrogens (tertiary/aromatic N) is 1. The van der Waals surface area contributed by atoms with Crippen LogP contribution in [0.3, 0.4) is 0 Å². The van der Waals surface area contributed by atoms with E-state index in [0.29, 0.717) is 30.2 Å². The lowest BCUT2D eigenvalue weighted by atomic mass is 9.84. The Labute approximate surface area is 200 Å². The van der Waals surface area contributed by atoms with Gasteiger partial charge in [-0.2, -0.15) is 0 Å². The average molecular weight is 520 g/mol. The molecule has 176 valence electrons. The highest BCUT2D eigenvalue weighted by Crippen LogP contribution is 2.42. The van der Waals surface area contributed by atoms with Crippen LogP contribution in [-0.2, 0) is 9.53 Å². The molecule has 2 atom stereocenters. The molecule has 0 unspecified atom stereocenters. The van der Waals surface area contributed by atoms with E-state index in [2.05, 4.69) is 33.4 Å². The largest absolute Gasteiger partial charge is 0.494 e. The number of benzene rings is 2. The Morgan fingerprint density at radius 1 is 1.27 bits per heavy atom. The number of hydrazine groups is 1. The number of alkyl halides is 1. The molecule has 0 radical (unpaired) electrons. The molecule has 0 aromatic heterocycles. The summed E-state index contributed by atoms with van der Waals surface area (Å²) in [6, 6.07) is 14.6. The second-order valence-electron chi connectivity index (χ2n) is 7.40. The predicted molar refractivity (Wildman–Crippen MR) is 128 cm³/mol. The number of aliphatic hydroxyl groups excluding tert-OH is 1. The van der Waals surface area contributed by atoms with Crippen LogP contribution in [0.5, 0.6) is 5.75 Å². The quantitative estimate of drug-likeness (QED) is 0.226. The number of hydrogen-bond donors (Lipinski definition) is 3. The van der Waals surface area contributed by atoms with E-state index in [1.807, 2.05) is 24.3 Å². The molecule has 3 N–H and O–H groups in total. The van der Waals surface area contributed by atoms with Crippen LogP contribution >= 0.6 is 15.9 Å². The van der Waals surface area contributed by atoms with Crippen molar-refractivity contribution in [2.75, 3.05) is 26.4 Å². The van der Waals surface area contributed by atoms with Gasteiger partial charge in [-0.25, -0.2) is 14.8 Å². The Kier molecular flexibility index (Phi) is 8.99. The van der Waals surface area contributed by atoms with Crippen LogP contribution < -0.4 is 15.6 Å². The van der Waals surface area contributed by atoms with E-state index < -0.39 is 24.2 Å². The fraction of sp³-hybridized carbons (Fsp3) is 0.333. The minimum absolute atomic E-state index is 0.0198. The molecule has 1 aliphatic rings. The molecule has 0 aliphatic carbocycles. The second-order valence-corrected chi connectivity index (χ2v) is 8.32. The van der Waals surface area contributed by atoms with Gasteiger partial charge in [0.15, 0.2) is 11.6 Å². The van der Waals surface area contributed by atoms with Crippen molar-refractivity contribution in [2.24, 2.45) is 4.99 Å². The van der Waals surface area contributed by atoms with Crippen LogP contribution in [0.1, 0.15) is 30.1 Å². The van der Waals surface area contributed by atoms with E-state index in [1.54, 1.807) is 30.3 Å². The highest BCUT2D eigenvalue weighted by Gasteiger charge is 2.52. The summed E-state index contributed by atoms with van der Waals surface area (Å²) in [5.41, 5.74) is 5.27. The van der Waals surface area contributed by atoms with Gasteiger partial charge >= 0.3 is 0 Å². The van der Waals surface area contributed by atoms with Crippen LogP contribution in [-0.4, -0.2) is 48.9 Å². The fourth-order valence-electron chi connectivity index (χ4n) is 3.47. The lowest BCUT2D eigenvalue weighted by Crippen LogP contribution is -2.52. The molecular weight excluding hydrogens is 493 g/mol. The second kappa shape index (κ2) is 11.9. The van der Waals surface area contributed by atoms with Gasteiger partial charge in [0.05, 0.1) is 6.61 Å². The van der Waals surface area contributed by atoms with Gasteiger partial charge in [-0.15, -0.1) is 6.58 Å². The molecule has 1 heterocycles. The van der Waals surface area contributed by atoms with Crippen molar-refractivity contribution in [1.82, 2.24) is 10.9 Å². The van der Waals surface area contributed by atoms with Gasteiger partial charge in [0.2, 0.25) is 5.90 Å². The number of nitrogens with one attached hydrogen (secondary N) is 2. The standard InChI is InChI=1S/C24H27BrFN3O4/c1-2-12-24(23(31)29-27-14-13-26)21(17-4-8-19(25)9-5-17)33-22(28-24)18-6-10-20(11-7-18)32-16-3-15-30/h2,4-11,21,27,30H,1,3,12-16H2,(H,29,31)/t21-,24-/m0/s1. The summed E-state index contributed by atoms with van der Waals surface area (Å²) >= 11 is 3.43. The van der Waals surface area contributed by atoms with Crippen molar-refractivity contribution in [3.8, 4) is 5.75 Å². The van der Waals surface area contributed by atoms with Crippen molar-refractivity contribution < 1.29 is 23.8 Å². The van der Waals surface area contributed by atoms with Crippen LogP contribution in [0, 0.1) is 0 Å². The summed E-state index contributed by atoms with van der Waals surface area (Å²) in [6.45, 7) is 3.64. The first-order chi connectivity index (χ1) is 16.0. The molecule has 2 aromatic rings. The fourth-order valence-corrected chi connectivity index (χ4v) is 3.74. The minimum Gasteiger partial charge on any atom is -0.494 e. The molecule has 1 amide bonds. The maximum absolute atomic E-state index is 13.3. The number of carbonyl (C=O) groups excluding carboxylic acids is 1. The number of ether oxygens (including phenoxy) is 2. The number of halogens is 2. The first-order valence-electron chi connectivity index (χ1n) is 10.6. The Balaban J connectivity index is 1.94. The summed E-state index contributed by atoms with van der Waals surface area (Å²) in [7, 11) is 0. The number of rotatable bonds is 12. The van der Waals surface area contributed by atoms with Gasteiger partial charge in [-0.3, -0.25) is 10.2 Å². The zero-order valence-corrected chi connectivity index (χ0v) is 19.7. The van der Waals surface area contributed by atoms with Gasteiger partial charge in [-0.1, -0.05) is 34.1 Å². The third-order valence-corrected chi connectivity index (χ3v) is 5.61. The molecule has 7 nitrogen and oxygen atoms in total. The van der Waals surface area contributed by atoms with E-state index >= 15 is 0 Å². The molecule has 2 aromatic carbocycles. The van der Waals surface area contributed by atoms with Crippen LogP contribution in [0.2, 0.25) is 0 Å². The summed E-state index contributed by atoms with van der Waals surface area (Å²) in [4.78, 5) is 18.0. The van der Waals surface area contributed by atoms with Crippen molar-refractivity contribution in [3.05, 3.63) is 76.8 Å². The lowest BCUT2D eigenvalue weighted by Gasteiger charge is -2.29. The summed E-state index contributed by atoms with van der Waals surface area (Å²) in [6.07, 6.45) is 1.66. The molecule has 1 aliphatic heterocycles. The van der Waals surface area contributed by atoms with Gasteiger partial charge in [0, 0.05) is 36.0 Å². The molecule has 9 heteroatoms. The van der Waals surface area contributed by atoms with Gasteiger partial charge in [0.1, 0.15) is 12.4 Å². The average Bonchev–Trinajstić information content (AvgIpc) is 3.21. The maximum Gasteiger partial charge on any atom is 0.266 e. The zero-order valence-electron chi connectivity index (χ0n) is 18.1. The Hall–Kier alpha value is -2.75. The molecule has 0 saturated heterocycles. The Morgan fingerprint density at radius 3 is 2.64 bits per heavy atom. The number of amides is 1. The maximum atomic E-state index is 13.3. The predicted octanol–water partition coefficient (Wildman–Crippen LogP) is 3.63.